The number of nitrogens with one attached hydrogen (secondary N) is 1. The predicted molar refractivity (Wildman–Crippen MR) is 77.2 cm³/mol. The Bertz CT molecular complexity index is 820. The van der Waals surface area contributed by atoms with Gasteiger partial charge in [-0.1, -0.05) is 12.1 Å². The molecule has 6 nitrogen and oxygen atoms in total. The highest BCUT2D eigenvalue weighted by atomic mass is 32.2. The molecule has 116 valence electrons. The summed E-state index contributed by atoms with van der Waals surface area (Å²) < 4.78 is 45.3. The Hall–Kier alpha value is -2.61. The number of methoxy groups -OCH3 is 1. The first-order valence-corrected chi connectivity index (χ1v) is 7.52. The summed E-state index contributed by atoms with van der Waals surface area (Å²) in [5.74, 6) is -2.09. The maximum absolute atomic E-state index is 13.7. The molecule has 0 aromatic heterocycles. The minimum absolute atomic E-state index is 0.0878. The number of carbonyl (C=O) groups is 1. The molecule has 0 aliphatic heterocycles. The van der Waals surface area contributed by atoms with Crippen LogP contribution in [0.25, 0.3) is 0 Å². The SMILES string of the molecule is COc1ccccc1S(=O)(=O)Nc1cc(C(=O)O)ccc1F. The van der Waals surface area contributed by atoms with Gasteiger partial charge in [0.05, 0.1) is 18.4 Å². The van der Waals surface area contributed by atoms with Crippen LogP contribution in [0.15, 0.2) is 47.4 Å². The molecule has 0 unspecified atom stereocenters. The van der Waals surface area contributed by atoms with Crippen molar-refractivity contribution in [1.82, 2.24) is 0 Å². The Kier molecular flexibility index (Phi) is 4.32. The maximum atomic E-state index is 13.7. The molecule has 0 saturated heterocycles. The molecule has 8 heteroatoms. The molecule has 0 spiro atoms. The van der Waals surface area contributed by atoms with Crippen molar-refractivity contribution in [3.8, 4) is 5.75 Å². The van der Waals surface area contributed by atoms with Crippen molar-refractivity contribution >= 4 is 21.7 Å². The van der Waals surface area contributed by atoms with Gasteiger partial charge in [0.1, 0.15) is 16.5 Å². The van der Waals surface area contributed by atoms with Gasteiger partial charge in [0.2, 0.25) is 0 Å². The quantitative estimate of drug-likeness (QED) is 0.880. The van der Waals surface area contributed by atoms with Crippen molar-refractivity contribution in [1.29, 1.82) is 0 Å². The number of ether oxygens (including phenoxy) is 1. The molecule has 0 saturated carbocycles. The molecule has 0 aliphatic carbocycles. The van der Waals surface area contributed by atoms with E-state index in [4.69, 9.17) is 9.84 Å². The molecule has 2 aromatic carbocycles. The lowest BCUT2D eigenvalue weighted by Gasteiger charge is -2.12. The second-order valence-electron chi connectivity index (χ2n) is 4.26. The highest BCUT2D eigenvalue weighted by molar-refractivity contribution is 7.92. The zero-order chi connectivity index (χ0) is 16.3. The third kappa shape index (κ3) is 3.17. The largest absolute Gasteiger partial charge is 0.495 e. The van der Waals surface area contributed by atoms with E-state index in [0.29, 0.717) is 0 Å². The molecule has 0 bridgehead atoms. The molecule has 22 heavy (non-hydrogen) atoms. The summed E-state index contributed by atoms with van der Waals surface area (Å²) in [5, 5.41) is 8.88. The predicted octanol–water partition coefficient (Wildman–Crippen LogP) is 2.33. The van der Waals surface area contributed by atoms with Gasteiger partial charge in [-0.3, -0.25) is 4.72 Å². The monoisotopic (exact) mass is 325 g/mol. The van der Waals surface area contributed by atoms with Crippen molar-refractivity contribution in [3.63, 3.8) is 0 Å². The lowest BCUT2D eigenvalue weighted by atomic mass is 10.2. The van der Waals surface area contributed by atoms with Crippen LogP contribution in [-0.2, 0) is 10.0 Å². The number of para-hydroxylation sites is 1. The number of hydrogen-bond acceptors (Lipinski definition) is 4. The van der Waals surface area contributed by atoms with Crippen LogP contribution in [0.1, 0.15) is 10.4 Å². The molecule has 2 N–H and O–H groups in total. The average Bonchev–Trinajstić information content (AvgIpc) is 2.49. The van der Waals surface area contributed by atoms with E-state index in [2.05, 4.69) is 0 Å². The first-order valence-electron chi connectivity index (χ1n) is 6.04. The summed E-state index contributed by atoms with van der Waals surface area (Å²) in [4.78, 5) is 10.7. The second kappa shape index (κ2) is 6.02. The second-order valence-corrected chi connectivity index (χ2v) is 5.91. The molecular weight excluding hydrogens is 313 g/mol. The van der Waals surface area contributed by atoms with Crippen LogP contribution in [-0.4, -0.2) is 26.6 Å². The molecule has 0 heterocycles. The maximum Gasteiger partial charge on any atom is 0.335 e. The fourth-order valence-electron chi connectivity index (χ4n) is 1.78. The lowest BCUT2D eigenvalue weighted by molar-refractivity contribution is 0.0697. The van der Waals surface area contributed by atoms with E-state index in [1.54, 1.807) is 6.07 Å². The van der Waals surface area contributed by atoms with Gasteiger partial charge >= 0.3 is 5.97 Å². The Labute approximate surface area is 126 Å². The fourth-order valence-corrected chi connectivity index (χ4v) is 3.01. The standard InChI is InChI=1S/C14H12FNO5S/c1-21-12-4-2-3-5-13(12)22(19,20)16-11-8-9(14(17)18)6-7-10(11)15/h2-8,16H,1H3,(H,17,18). The van der Waals surface area contributed by atoms with Crippen LogP contribution in [0, 0.1) is 5.82 Å². The van der Waals surface area contributed by atoms with Gasteiger partial charge in [-0.2, -0.15) is 0 Å². The summed E-state index contributed by atoms with van der Waals surface area (Å²) in [6.07, 6.45) is 0. The van der Waals surface area contributed by atoms with Gasteiger partial charge in [-0.05, 0) is 30.3 Å². The minimum Gasteiger partial charge on any atom is -0.495 e. The number of aromatic carboxylic acids is 1. The zero-order valence-electron chi connectivity index (χ0n) is 11.4. The Balaban J connectivity index is 2.45. The first kappa shape index (κ1) is 15.8. The van der Waals surface area contributed by atoms with Crippen LogP contribution < -0.4 is 9.46 Å². The van der Waals surface area contributed by atoms with E-state index in [0.717, 1.165) is 18.2 Å². The van der Waals surface area contributed by atoms with Crippen molar-refractivity contribution < 1.29 is 27.4 Å². The molecule has 0 fully saturated rings. The molecular formula is C14H12FNO5S. The Morgan fingerprint density at radius 1 is 1.23 bits per heavy atom. The van der Waals surface area contributed by atoms with Crippen LogP contribution in [0.5, 0.6) is 5.75 Å². The summed E-state index contributed by atoms with van der Waals surface area (Å²) in [5.41, 5.74) is -0.690. The number of hydrogen-bond donors (Lipinski definition) is 2. The number of rotatable bonds is 5. The van der Waals surface area contributed by atoms with E-state index >= 15 is 0 Å². The van der Waals surface area contributed by atoms with Crippen LogP contribution in [0.3, 0.4) is 0 Å². The van der Waals surface area contributed by atoms with Crippen molar-refractivity contribution in [3.05, 3.63) is 53.8 Å². The van der Waals surface area contributed by atoms with Gasteiger partial charge in [-0.25, -0.2) is 17.6 Å². The lowest BCUT2D eigenvalue weighted by Crippen LogP contribution is -2.15. The van der Waals surface area contributed by atoms with Crippen LogP contribution in [0.2, 0.25) is 0 Å². The summed E-state index contributed by atoms with van der Waals surface area (Å²) in [6, 6.07) is 8.63. The Morgan fingerprint density at radius 2 is 1.91 bits per heavy atom. The van der Waals surface area contributed by atoms with E-state index in [-0.39, 0.29) is 16.2 Å². The third-order valence-corrected chi connectivity index (χ3v) is 4.22. The van der Waals surface area contributed by atoms with E-state index in [1.807, 2.05) is 4.72 Å². The summed E-state index contributed by atoms with van der Waals surface area (Å²) in [7, 11) is -2.82. The smallest absolute Gasteiger partial charge is 0.335 e. The van der Waals surface area contributed by atoms with Gasteiger partial charge in [0.25, 0.3) is 10.0 Å². The topological polar surface area (TPSA) is 92.7 Å². The van der Waals surface area contributed by atoms with Gasteiger partial charge < -0.3 is 9.84 Å². The highest BCUT2D eigenvalue weighted by Crippen LogP contribution is 2.26. The zero-order valence-corrected chi connectivity index (χ0v) is 12.2. The number of benzene rings is 2. The number of halogens is 1. The molecule has 2 aromatic rings. The van der Waals surface area contributed by atoms with Gasteiger partial charge in [0.15, 0.2) is 0 Å². The van der Waals surface area contributed by atoms with E-state index in [1.165, 1.54) is 25.3 Å². The number of carboxylic acid groups (broad SMARTS) is 1. The van der Waals surface area contributed by atoms with Crippen LogP contribution in [0.4, 0.5) is 10.1 Å². The third-order valence-electron chi connectivity index (χ3n) is 2.82. The molecule has 0 aliphatic rings. The summed E-state index contributed by atoms with van der Waals surface area (Å²) in [6.45, 7) is 0. The highest BCUT2D eigenvalue weighted by Gasteiger charge is 2.21. The van der Waals surface area contributed by atoms with Gasteiger partial charge in [-0.15, -0.1) is 0 Å². The number of sulfonamides is 1. The Morgan fingerprint density at radius 3 is 2.55 bits per heavy atom. The number of anilines is 1. The van der Waals surface area contributed by atoms with Crippen molar-refractivity contribution in [2.75, 3.05) is 11.8 Å². The molecule has 0 atom stereocenters. The van der Waals surface area contributed by atoms with Crippen molar-refractivity contribution in [2.45, 2.75) is 4.90 Å². The molecule has 0 amide bonds. The first-order chi connectivity index (χ1) is 10.3. The number of carboxylic acids is 1. The average molecular weight is 325 g/mol. The van der Waals surface area contributed by atoms with Crippen molar-refractivity contribution in [2.24, 2.45) is 0 Å². The van der Waals surface area contributed by atoms with E-state index < -0.39 is 27.5 Å². The normalized spacial score (nSPS) is 11.0. The fraction of sp³-hybridized carbons (Fsp3) is 0.0714. The van der Waals surface area contributed by atoms with Crippen LogP contribution >= 0.6 is 0 Å². The summed E-state index contributed by atoms with van der Waals surface area (Å²) >= 11 is 0. The van der Waals surface area contributed by atoms with Gasteiger partial charge in [0, 0.05) is 0 Å². The molecule has 0 radical (unpaired) electrons. The minimum atomic E-state index is -4.13. The van der Waals surface area contributed by atoms with E-state index in [9.17, 15) is 17.6 Å². The molecule has 2 rings (SSSR count).